The molecule has 2 aliphatic rings. The predicted molar refractivity (Wildman–Crippen MR) is 73.1 cm³/mol. The Morgan fingerprint density at radius 3 is 2.59 bits per heavy atom. The average molecular weight is 239 g/mol. The van der Waals surface area contributed by atoms with Gasteiger partial charge >= 0.3 is 0 Å². The molecule has 1 saturated carbocycles. The molecule has 0 amide bonds. The van der Waals surface area contributed by atoms with E-state index in [9.17, 15) is 0 Å². The van der Waals surface area contributed by atoms with Gasteiger partial charge in [-0.2, -0.15) is 0 Å². The number of nitrogens with zero attached hydrogens (tertiary/aromatic N) is 2. The lowest BCUT2D eigenvalue weighted by Crippen LogP contribution is -2.46. The molecule has 3 heteroatoms. The largest absolute Gasteiger partial charge is 0.329 e. The summed E-state index contributed by atoms with van der Waals surface area (Å²) in [5.74, 6) is 0.899. The molecular weight excluding hydrogens is 210 g/mol. The van der Waals surface area contributed by atoms with E-state index in [0.717, 1.165) is 18.5 Å². The summed E-state index contributed by atoms with van der Waals surface area (Å²) in [7, 11) is 2.31. The highest BCUT2D eigenvalue weighted by atomic mass is 15.2. The van der Waals surface area contributed by atoms with Gasteiger partial charge in [0.25, 0.3) is 0 Å². The van der Waals surface area contributed by atoms with Crippen LogP contribution in [0.2, 0.25) is 0 Å². The SMILES string of the molecule is CCN1CCCC(N(C)C(CN)C2CC2)CC1. The third kappa shape index (κ3) is 3.43. The van der Waals surface area contributed by atoms with Crippen LogP contribution in [0.1, 0.15) is 39.0 Å². The van der Waals surface area contributed by atoms with Gasteiger partial charge in [0.15, 0.2) is 0 Å². The van der Waals surface area contributed by atoms with Gasteiger partial charge in [-0.05, 0) is 64.7 Å². The highest BCUT2D eigenvalue weighted by Crippen LogP contribution is 2.36. The van der Waals surface area contributed by atoms with E-state index in [4.69, 9.17) is 5.73 Å². The first-order valence-corrected chi connectivity index (χ1v) is 7.40. The summed E-state index contributed by atoms with van der Waals surface area (Å²) < 4.78 is 0. The second-order valence-corrected chi connectivity index (χ2v) is 5.82. The van der Waals surface area contributed by atoms with E-state index < -0.39 is 0 Å². The Morgan fingerprint density at radius 2 is 2.00 bits per heavy atom. The van der Waals surface area contributed by atoms with Crippen molar-refractivity contribution in [1.82, 2.24) is 9.80 Å². The van der Waals surface area contributed by atoms with Crippen molar-refractivity contribution in [2.45, 2.75) is 51.1 Å². The molecule has 0 aromatic heterocycles. The Bertz CT molecular complexity index is 228. The summed E-state index contributed by atoms with van der Waals surface area (Å²) in [5.41, 5.74) is 5.96. The Balaban J connectivity index is 1.87. The molecule has 1 aliphatic carbocycles. The number of likely N-dealkylation sites (N-methyl/N-ethyl adjacent to an activating group) is 1. The van der Waals surface area contributed by atoms with Gasteiger partial charge in [0.05, 0.1) is 0 Å². The quantitative estimate of drug-likeness (QED) is 0.790. The third-order valence-electron chi connectivity index (χ3n) is 4.74. The fraction of sp³-hybridized carbons (Fsp3) is 1.00. The zero-order chi connectivity index (χ0) is 12.3. The van der Waals surface area contributed by atoms with Crippen LogP contribution in [0.3, 0.4) is 0 Å². The molecule has 2 rings (SSSR count). The minimum atomic E-state index is 0.646. The monoisotopic (exact) mass is 239 g/mol. The Hall–Kier alpha value is -0.120. The minimum Gasteiger partial charge on any atom is -0.329 e. The van der Waals surface area contributed by atoms with Crippen LogP contribution in [0.25, 0.3) is 0 Å². The van der Waals surface area contributed by atoms with Crippen LogP contribution in [0.15, 0.2) is 0 Å². The predicted octanol–water partition coefficient (Wildman–Crippen LogP) is 1.53. The first-order chi connectivity index (χ1) is 8.26. The van der Waals surface area contributed by atoms with Gasteiger partial charge in [-0.1, -0.05) is 6.92 Å². The highest BCUT2D eigenvalue weighted by molar-refractivity contribution is 4.91. The van der Waals surface area contributed by atoms with Gasteiger partial charge in [-0.3, -0.25) is 4.90 Å². The topological polar surface area (TPSA) is 32.5 Å². The standard InChI is InChI=1S/C14H29N3/c1-3-17-9-4-5-13(8-10-17)16(2)14(11-15)12-6-7-12/h12-14H,3-11,15H2,1-2H3. The smallest absolute Gasteiger partial charge is 0.0246 e. The van der Waals surface area contributed by atoms with Crippen molar-refractivity contribution in [2.24, 2.45) is 11.7 Å². The van der Waals surface area contributed by atoms with E-state index in [2.05, 4.69) is 23.8 Å². The van der Waals surface area contributed by atoms with Crippen molar-refractivity contribution in [3.8, 4) is 0 Å². The van der Waals surface area contributed by atoms with Crippen molar-refractivity contribution in [2.75, 3.05) is 33.2 Å². The van der Waals surface area contributed by atoms with Crippen molar-refractivity contribution >= 4 is 0 Å². The minimum absolute atomic E-state index is 0.646. The van der Waals surface area contributed by atoms with Crippen LogP contribution >= 0.6 is 0 Å². The summed E-state index contributed by atoms with van der Waals surface area (Å²) in [6.07, 6.45) is 6.84. The summed E-state index contributed by atoms with van der Waals surface area (Å²) in [6.45, 7) is 6.89. The van der Waals surface area contributed by atoms with Crippen LogP contribution in [0, 0.1) is 5.92 Å². The normalized spacial score (nSPS) is 29.3. The van der Waals surface area contributed by atoms with Gasteiger partial charge in [-0.15, -0.1) is 0 Å². The zero-order valence-electron chi connectivity index (χ0n) is 11.6. The van der Waals surface area contributed by atoms with Crippen molar-refractivity contribution in [1.29, 1.82) is 0 Å². The lowest BCUT2D eigenvalue weighted by molar-refractivity contribution is 0.144. The van der Waals surface area contributed by atoms with Gasteiger partial charge in [0.2, 0.25) is 0 Å². The number of hydrogen-bond acceptors (Lipinski definition) is 3. The molecule has 0 bridgehead atoms. The zero-order valence-corrected chi connectivity index (χ0v) is 11.6. The second kappa shape index (κ2) is 6.17. The fourth-order valence-electron chi connectivity index (χ4n) is 3.30. The second-order valence-electron chi connectivity index (χ2n) is 5.82. The first-order valence-electron chi connectivity index (χ1n) is 7.40. The number of hydrogen-bond donors (Lipinski definition) is 1. The van der Waals surface area contributed by atoms with Gasteiger partial charge in [-0.25, -0.2) is 0 Å². The maximum Gasteiger partial charge on any atom is 0.0246 e. The number of rotatable bonds is 5. The molecule has 1 heterocycles. The molecule has 0 aromatic rings. The van der Waals surface area contributed by atoms with Gasteiger partial charge < -0.3 is 10.6 Å². The molecule has 2 atom stereocenters. The van der Waals surface area contributed by atoms with E-state index in [1.807, 2.05) is 0 Å². The summed E-state index contributed by atoms with van der Waals surface area (Å²) in [6, 6.07) is 1.41. The molecule has 3 nitrogen and oxygen atoms in total. The molecule has 0 spiro atoms. The molecule has 2 N–H and O–H groups in total. The van der Waals surface area contributed by atoms with Gasteiger partial charge in [0.1, 0.15) is 0 Å². The first kappa shape index (κ1) is 13.3. The Kier molecular flexibility index (Phi) is 4.83. The lowest BCUT2D eigenvalue weighted by Gasteiger charge is -2.34. The molecule has 17 heavy (non-hydrogen) atoms. The molecule has 0 radical (unpaired) electrons. The molecular formula is C14H29N3. The van der Waals surface area contributed by atoms with Crippen molar-refractivity contribution < 1.29 is 0 Å². The van der Waals surface area contributed by atoms with Gasteiger partial charge in [0, 0.05) is 18.6 Å². The van der Waals surface area contributed by atoms with E-state index in [0.29, 0.717) is 6.04 Å². The van der Waals surface area contributed by atoms with Crippen LogP contribution in [-0.4, -0.2) is 55.1 Å². The van der Waals surface area contributed by atoms with E-state index >= 15 is 0 Å². The maximum absolute atomic E-state index is 5.96. The summed E-state index contributed by atoms with van der Waals surface area (Å²) in [4.78, 5) is 5.19. The molecule has 100 valence electrons. The van der Waals surface area contributed by atoms with E-state index in [1.54, 1.807) is 0 Å². The molecule has 1 saturated heterocycles. The molecule has 2 fully saturated rings. The fourth-order valence-corrected chi connectivity index (χ4v) is 3.30. The summed E-state index contributed by atoms with van der Waals surface area (Å²) >= 11 is 0. The van der Waals surface area contributed by atoms with E-state index in [-0.39, 0.29) is 0 Å². The molecule has 2 unspecified atom stereocenters. The van der Waals surface area contributed by atoms with Crippen LogP contribution < -0.4 is 5.73 Å². The molecule has 0 aromatic carbocycles. The summed E-state index contributed by atoms with van der Waals surface area (Å²) in [5, 5.41) is 0. The van der Waals surface area contributed by atoms with Crippen LogP contribution in [0.4, 0.5) is 0 Å². The van der Waals surface area contributed by atoms with Crippen LogP contribution in [0.5, 0.6) is 0 Å². The Morgan fingerprint density at radius 1 is 1.24 bits per heavy atom. The lowest BCUT2D eigenvalue weighted by atomic mass is 10.0. The van der Waals surface area contributed by atoms with Crippen molar-refractivity contribution in [3.05, 3.63) is 0 Å². The van der Waals surface area contributed by atoms with E-state index in [1.165, 1.54) is 51.7 Å². The average Bonchev–Trinajstić information content (AvgIpc) is 3.15. The van der Waals surface area contributed by atoms with Crippen molar-refractivity contribution in [3.63, 3.8) is 0 Å². The van der Waals surface area contributed by atoms with Crippen LogP contribution in [-0.2, 0) is 0 Å². The molecule has 1 aliphatic heterocycles. The number of likely N-dealkylation sites (tertiary alicyclic amines) is 1. The highest BCUT2D eigenvalue weighted by Gasteiger charge is 2.35. The third-order valence-corrected chi connectivity index (χ3v) is 4.74. The maximum atomic E-state index is 5.96. The Labute approximate surface area is 106 Å². The number of nitrogens with two attached hydrogens (primary N) is 1.